The summed E-state index contributed by atoms with van der Waals surface area (Å²) < 4.78 is 13.3. The second-order valence-corrected chi connectivity index (χ2v) is 7.94. The Morgan fingerprint density at radius 3 is 2.57 bits per heavy atom. The number of thiophene rings is 1. The van der Waals surface area contributed by atoms with Crippen LogP contribution >= 0.6 is 11.3 Å². The third-order valence-corrected chi connectivity index (χ3v) is 5.50. The third kappa shape index (κ3) is 5.87. The Labute approximate surface area is 179 Å². The highest BCUT2D eigenvalue weighted by Gasteiger charge is 2.15. The van der Waals surface area contributed by atoms with Crippen LogP contribution in [-0.4, -0.2) is 18.4 Å². The third-order valence-electron chi connectivity index (χ3n) is 4.68. The molecule has 6 heteroatoms. The summed E-state index contributed by atoms with van der Waals surface area (Å²) in [7, 11) is 0. The predicted molar refractivity (Wildman–Crippen MR) is 119 cm³/mol. The van der Waals surface area contributed by atoms with E-state index in [0.29, 0.717) is 18.5 Å². The lowest BCUT2D eigenvalue weighted by Gasteiger charge is -2.12. The zero-order chi connectivity index (χ0) is 21.5. The summed E-state index contributed by atoms with van der Waals surface area (Å²) >= 11 is 1.47. The number of carbonyl (C=O) groups excluding carboxylic acids is 2. The van der Waals surface area contributed by atoms with Crippen molar-refractivity contribution in [2.75, 3.05) is 6.54 Å². The molecule has 0 radical (unpaired) electrons. The minimum absolute atomic E-state index is 0.167. The number of hydrogen-bond acceptors (Lipinski definition) is 3. The van der Waals surface area contributed by atoms with Gasteiger partial charge in [-0.1, -0.05) is 24.3 Å². The Balaban J connectivity index is 1.71. The molecule has 4 nitrogen and oxygen atoms in total. The molecule has 2 N–H and O–H groups in total. The summed E-state index contributed by atoms with van der Waals surface area (Å²) in [5.41, 5.74) is 3.54. The van der Waals surface area contributed by atoms with Crippen LogP contribution in [0.5, 0.6) is 0 Å². The van der Waals surface area contributed by atoms with Gasteiger partial charge in [0.2, 0.25) is 0 Å². The molecule has 0 saturated heterocycles. The molecule has 2 amide bonds. The maximum absolute atomic E-state index is 13.3. The zero-order valence-electron chi connectivity index (χ0n) is 16.9. The van der Waals surface area contributed by atoms with E-state index in [9.17, 15) is 14.0 Å². The number of nitrogens with one attached hydrogen (secondary N) is 2. The minimum atomic E-state index is -0.392. The van der Waals surface area contributed by atoms with E-state index in [4.69, 9.17) is 0 Å². The molecule has 0 unspecified atom stereocenters. The van der Waals surface area contributed by atoms with Gasteiger partial charge in [-0.15, -0.1) is 11.3 Å². The van der Waals surface area contributed by atoms with Crippen molar-refractivity contribution in [1.29, 1.82) is 0 Å². The van der Waals surface area contributed by atoms with Crippen LogP contribution in [0, 0.1) is 19.7 Å². The van der Waals surface area contributed by atoms with E-state index in [1.807, 2.05) is 37.4 Å². The Bertz CT molecular complexity index is 1070. The van der Waals surface area contributed by atoms with E-state index in [0.717, 1.165) is 21.6 Å². The monoisotopic (exact) mass is 422 g/mol. The first-order valence-electron chi connectivity index (χ1n) is 9.59. The normalized spacial score (nSPS) is 11.2. The summed E-state index contributed by atoms with van der Waals surface area (Å²) in [5, 5.41) is 7.43. The average Bonchev–Trinajstić information content (AvgIpc) is 3.22. The first-order chi connectivity index (χ1) is 14.4. The van der Waals surface area contributed by atoms with Gasteiger partial charge in [-0.25, -0.2) is 4.39 Å². The van der Waals surface area contributed by atoms with Gasteiger partial charge in [0.05, 0.1) is 0 Å². The highest BCUT2D eigenvalue weighted by Crippen LogP contribution is 2.14. The predicted octanol–water partition coefficient (Wildman–Crippen LogP) is 4.63. The van der Waals surface area contributed by atoms with Gasteiger partial charge in [-0.3, -0.25) is 9.59 Å². The Hall–Kier alpha value is -3.25. The van der Waals surface area contributed by atoms with E-state index in [1.165, 1.54) is 23.5 Å². The molecule has 0 aliphatic rings. The van der Waals surface area contributed by atoms with Gasteiger partial charge in [0.1, 0.15) is 11.5 Å². The largest absolute Gasteiger partial charge is 0.350 e. The SMILES string of the molecule is Cc1ccc(C(=O)N/C(=C\c2cccs2)C(=O)NCCc2cccc(F)c2)cc1C. The molecule has 30 heavy (non-hydrogen) atoms. The van der Waals surface area contributed by atoms with Crippen molar-refractivity contribution in [1.82, 2.24) is 10.6 Å². The molecule has 2 aromatic carbocycles. The van der Waals surface area contributed by atoms with Crippen molar-refractivity contribution in [3.05, 3.63) is 98.6 Å². The molecule has 0 bridgehead atoms. The second-order valence-electron chi connectivity index (χ2n) is 6.96. The standard InChI is InChI=1S/C24H23FN2O2S/c1-16-8-9-19(13-17(16)2)23(28)27-22(15-21-7-4-12-30-21)24(29)26-11-10-18-5-3-6-20(25)14-18/h3-9,12-15H,10-11H2,1-2H3,(H,26,29)(H,27,28)/b22-15-. The number of amides is 2. The maximum atomic E-state index is 13.3. The highest BCUT2D eigenvalue weighted by molar-refractivity contribution is 7.10. The highest BCUT2D eigenvalue weighted by atomic mass is 32.1. The fraction of sp³-hybridized carbons (Fsp3) is 0.167. The first kappa shape index (κ1) is 21.5. The topological polar surface area (TPSA) is 58.2 Å². The van der Waals surface area contributed by atoms with Gasteiger partial charge in [0.15, 0.2) is 0 Å². The van der Waals surface area contributed by atoms with Crippen LogP contribution in [0.25, 0.3) is 6.08 Å². The smallest absolute Gasteiger partial charge is 0.267 e. The van der Waals surface area contributed by atoms with Crippen LogP contribution in [0.15, 0.2) is 65.7 Å². The van der Waals surface area contributed by atoms with Crippen LogP contribution in [-0.2, 0) is 11.2 Å². The lowest BCUT2D eigenvalue weighted by molar-refractivity contribution is -0.117. The summed E-state index contributed by atoms with van der Waals surface area (Å²) in [6.07, 6.45) is 2.14. The molecular weight excluding hydrogens is 399 g/mol. The molecule has 0 saturated carbocycles. The molecule has 0 aliphatic carbocycles. The van der Waals surface area contributed by atoms with Gasteiger partial charge in [0, 0.05) is 17.0 Å². The Morgan fingerprint density at radius 1 is 1.03 bits per heavy atom. The van der Waals surface area contributed by atoms with Gasteiger partial charge in [-0.2, -0.15) is 0 Å². The van der Waals surface area contributed by atoms with Crippen LogP contribution in [0.4, 0.5) is 4.39 Å². The summed E-state index contributed by atoms with van der Waals surface area (Å²) in [5.74, 6) is -1.05. The van der Waals surface area contributed by atoms with E-state index < -0.39 is 5.91 Å². The van der Waals surface area contributed by atoms with Crippen LogP contribution in [0.1, 0.15) is 31.9 Å². The zero-order valence-corrected chi connectivity index (χ0v) is 17.7. The Morgan fingerprint density at radius 2 is 1.87 bits per heavy atom. The fourth-order valence-corrected chi connectivity index (χ4v) is 3.52. The maximum Gasteiger partial charge on any atom is 0.267 e. The molecule has 0 atom stereocenters. The van der Waals surface area contributed by atoms with Gasteiger partial charge >= 0.3 is 0 Å². The van der Waals surface area contributed by atoms with E-state index >= 15 is 0 Å². The number of hydrogen-bond donors (Lipinski definition) is 2. The van der Waals surface area contributed by atoms with Crippen molar-refractivity contribution < 1.29 is 14.0 Å². The Kier molecular flexibility index (Phi) is 7.14. The van der Waals surface area contributed by atoms with Crippen molar-refractivity contribution in [2.24, 2.45) is 0 Å². The molecule has 3 rings (SSSR count). The van der Waals surface area contributed by atoms with Crippen molar-refractivity contribution in [3.8, 4) is 0 Å². The number of rotatable bonds is 7. The van der Waals surface area contributed by atoms with E-state index in [1.54, 1.807) is 30.3 Å². The van der Waals surface area contributed by atoms with Crippen LogP contribution in [0.2, 0.25) is 0 Å². The van der Waals surface area contributed by atoms with E-state index in [-0.39, 0.29) is 17.4 Å². The number of halogens is 1. The van der Waals surface area contributed by atoms with Crippen molar-refractivity contribution >= 4 is 29.2 Å². The number of aryl methyl sites for hydroxylation is 2. The summed E-state index contributed by atoms with van der Waals surface area (Å²) in [6, 6.07) is 15.4. The molecule has 1 heterocycles. The number of carbonyl (C=O) groups is 2. The molecule has 0 spiro atoms. The molecule has 154 valence electrons. The molecule has 0 fully saturated rings. The van der Waals surface area contributed by atoms with Gasteiger partial charge in [-0.05, 0) is 78.7 Å². The van der Waals surface area contributed by atoms with Gasteiger partial charge in [0.25, 0.3) is 11.8 Å². The van der Waals surface area contributed by atoms with Crippen molar-refractivity contribution in [2.45, 2.75) is 20.3 Å². The average molecular weight is 423 g/mol. The molecule has 0 aliphatic heterocycles. The van der Waals surface area contributed by atoms with E-state index in [2.05, 4.69) is 10.6 Å². The molecular formula is C24H23FN2O2S. The summed E-state index contributed by atoms with van der Waals surface area (Å²) in [6.45, 7) is 4.24. The fourth-order valence-electron chi connectivity index (χ4n) is 2.86. The quantitative estimate of drug-likeness (QED) is 0.545. The van der Waals surface area contributed by atoms with Crippen LogP contribution < -0.4 is 10.6 Å². The van der Waals surface area contributed by atoms with Crippen molar-refractivity contribution in [3.63, 3.8) is 0 Å². The molecule has 3 aromatic rings. The summed E-state index contributed by atoms with van der Waals surface area (Å²) in [4.78, 5) is 26.3. The molecule has 1 aromatic heterocycles. The second kappa shape index (κ2) is 9.98. The first-order valence-corrected chi connectivity index (χ1v) is 10.5. The lowest BCUT2D eigenvalue weighted by Crippen LogP contribution is -2.35. The number of benzene rings is 2. The lowest BCUT2D eigenvalue weighted by atomic mass is 10.1. The minimum Gasteiger partial charge on any atom is -0.350 e. The van der Waals surface area contributed by atoms with Gasteiger partial charge < -0.3 is 10.6 Å². The van der Waals surface area contributed by atoms with Crippen LogP contribution in [0.3, 0.4) is 0 Å².